The molecule has 0 radical (unpaired) electrons. The first kappa shape index (κ1) is 18.1. The molecule has 7 heteroatoms. The van der Waals surface area contributed by atoms with Gasteiger partial charge in [-0.25, -0.2) is 4.39 Å². The summed E-state index contributed by atoms with van der Waals surface area (Å²) in [4.78, 5) is 11.4. The number of hydrogen-bond acceptors (Lipinski definition) is 5. The van der Waals surface area contributed by atoms with Crippen LogP contribution in [0.1, 0.15) is 24.7 Å². The van der Waals surface area contributed by atoms with Crippen LogP contribution in [0.3, 0.4) is 0 Å². The van der Waals surface area contributed by atoms with Crippen LogP contribution in [-0.4, -0.2) is 28.2 Å². The number of halogens is 2. The minimum absolute atomic E-state index is 0.195. The number of rotatable bonds is 3. The van der Waals surface area contributed by atoms with Gasteiger partial charge in [-0.2, -0.15) is 4.98 Å². The zero-order valence-corrected chi connectivity index (χ0v) is 16.3. The maximum Gasteiger partial charge on any atom is 0.230 e. The van der Waals surface area contributed by atoms with E-state index in [2.05, 4.69) is 32.2 Å². The maximum atomic E-state index is 13.3. The number of benzene rings is 2. The molecule has 4 aromatic rings. The van der Waals surface area contributed by atoms with Gasteiger partial charge in [-0.05, 0) is 43.2 Å². The predicted molar refractivity (Wildman–Crippen MR) is 111 cm³/mol. The zero-order valence-electron chi connectivity index (χ0n) is 15.6. The Morgan fingerprint density at radius 3 is 2.72 bits per heavy atom. The third-order valence-electron chi connectivity index (χ3n) is 5.40. The van der Waals surface area contributed by atoms with Crippen molar-refractivity contribution in [2.75, 3.05) is 18.0 Å². The van der Waals surface area contributed by atoms with Gasteiger partial charge in [-0.15, -0.1) is 0 Å². The van der Waals surface area contributed by atoms with Crippen LogP contribution < -0.4 is 4.90 Å². The molecule has 0 aliphatic carbocycles. The van der Waals surface area contributed by atoms with Gasteiger partial charge in [0.05, 0.1) is 22.4 Å². The van der Waals surface area contributed by atoms with Gasteiger partial charge in [0, 0.05) is 30.0 Å². The van der Waals surface area contributed by atoms with Crippen molar-refractivity contribution in [3.8, 4) is 11.4 Å². The highest BCUT2D eigenvalue weighted by atomic mass is 35.5. The van der Waals surface area contributed by atoms with E-state index < -0.39 is 5.82 Å². The van der Waals surface area contributed by atoms with E-state index in [0.717, 1.165) is 42.5 Å². The molecule has 146 valence electrons. The molecule has 29 heavy (non-hydrogen) atoms. The fraction of sp³-hybridized carbons (Fsp3) is 0.227. The fourth-order valence-corrected chi connectivity index (χ4v) is 4.05. The van der Waals surface area contributed by atoms with E-state index in [9.17, 15) is 4.39 Å². The van der Waals surface area contributed by atoms with Crippen LogP contribution in [0.25, 0.3) is 22.3 Å². The summed E-state index contributed by atoms with van der Waals surface area (Å²) in [6, 6.07) is 14.5. The van der Waals surface area contributed by atoms with Crippen LogP contribution in [0, 0.1) is 5.82 Å². The highest BCUT2D eigenvalue weighted by Gasteiger charge is 2.26. The standard InChI is InChI=1S/C22H18ClFN4O/c23-19-12-16(24)5-6-18(19)21-26-22(29-27-21)14-7-9-28(10-8-14)17-11-15-3-1-2-4-20(15)25-13-17/h1-6,11-14H,7-10H2. The molecule has 0 atom stereocenters. The molecule has 0 amide bonds. The van der Waals surface area contributed by atoms with Gasteiger partial charge in [0.2, 0.25) is 11.7 Å². The summed E-state index contributed by atoms with van der Waals surface area (Å²) in [7, 11) is 0. The largest absolute Gasteiger partial charge is 0.370 e. The number of anilines is 1. The summed E-state index contributed by atoms with van der Waals surface area (Å²) in [5, 5.41) is 5.46. The van der Waals surface area contributed by atoms with Crippen molar-refractivity contribution < 1.29 is 8.91 Å². The highest BCUT2D eigenvalue weighted by molar-refractivity contribution is 6.33. The molecule has 0 unspecified atom stereocenters. The number of hydrogen-bond donors (Lipinski definition) is 0. The number of nitrogens with zero attached hydrogens (tertiary/aromatic N) is 4. The minimum atomic E-state index is -0.391. The summed E-state index contributed by atoms with van der Waals surface area (Å²) < 4.78 is 18.8. The Hall–Kier alpha value is -2.99. The van der Waals surface area contributed by atoms with Gasteiger partial charge >= 0.3 is 0 Å². The highest BCUT2D eigenvalue weighted by Crippen LogP contribution is 2.32. The van der Waals surface area contributed by atoms with E-state index in [0.29, 0.717) is 17.3 Å². The van der Waals surface area contributed by atoms with Crippen molar-refractivity contribution in [3.05, 3.63) is 71.5 Å². The predicted octanol–water partition coefficient (Wildman–Crippen LogP) is 5.46. The van der Waals surface area contributed by atoms with E-state index in [1.54, 1.807) is 6.07 Å². The lowest BCUT2D eigenvalue weighted by Gasteiger charge is -2.32. The van der Waals surface area contributed by atoms with Crippen LogP contribution in [0.15, 0.2) is 59.3 Å². The first-order chi connectivity index (χ1) is 14.2. The quantitative estimate of drug-likeness (QED) is 0.450. The molecular weight excluding hydrogens is 391 g/mol. The van der Waals surface area contributed by atoms with E-state index in [1.165, 1.54) is 12.1 Å². The van der Waals surface area contributed by atoms with Crippen molar-refractivity contribution in [2.24, 2.45) is 0 Å². The monoisotopic (exact) mass is 408 g/mol. The van der Waals surface area contributed by atoms with Gasteiger partial charge in [0.25, 0.3) is 0 Å². The Morgan fingerprint density at radius 1 is 1.07 bits per heavy atom. The van der Waals surface area contributed by atoms with Crippen LogP contribution >= 0.6 is 11.6 Å². The van der Waals surface area contributed by atoms with E-state index in [1.807, 2.05) is 24.4 Å². The van der Waals surface area contributed by atoms with Crippen molar-refractivity contribution in [2.45, 2.75) is 18.8 Å². The fourth-order valence-electron chi connectivity index (χ4n) is 3.80. The normalized spacial score (nSPS) is 15.2. The van der Waals surface area contributed by atoms with Crippen LogP contribution in [0.5, 0.6) is 0 Å². The summed E-state index contributed by atoms with van der Waals surface area (Å²) in [5.74, 6) is 0.806. The molecule has 0 bridgehead atoms. The van der Waals surface area contributed by atoms with Crippen molar-refractivity contribution in [1.82, 2.24) is 15.1 Å². The molecule has 1 aliphatic rings. The maximum absolute atomic E-state index is 13.3. The second kappa shape index (κ2) is 7.44. The topological polar surface area (TPSA) is 55.1 Å². The van der Waals surface area contributed by atoms with Gasteiger partial charge in [0.15, 0.2) is 0 Å². The first-order valence-electron chi connectivity index (χ1n) is 9.56. The molecular formula is C22H18ClFN4O. The summed E-state index contributed by atoms with van der Waals surface area (Å²) >= 11 is 6.11. The smallest absolute Gasteiger partial charge is 0.230 e. The molecule has 2 aromatic carbocycles. The molecule has 1 aliphatic heterocycles. The lowest BCUT2D eigenvalue weighted by atomic mass is 9.96. The third-order valence-corrected chi connectivity index (χ3v) is 5.71. The Balaban J connectivity index is 1.30. The number of piperidine rings is 1. The Morgan fingerprint density at radius 2 is 1.90 bits per heavy atom. The molecule has 1 saturated heterocycles. The molecule has 5 nitrogen and oxygen atoms in total. The molecule has 1 fully saturated rings. The van der Waals surface area contributed by atoms with Gasteiger partial charge in [0.1, 0.15) is 5.82 Å². The zero-order chi connectivity index (χ0) is 19.8. The van der Waals surface area contributed by atoms with Gasteiger partial charge < -0.3 is 9.42 Å². The average molecular weight is 409 g/mol. The molecule has 2 aromatic heterocycles. The number of fused-ring (bicyclic) bond motifs is 1. The lowest BCUT2D eigenvalue weighted by molar-refractivity contribution is 0.329. The number of pyridine rings is 1. The Bertz CT molecular complexity index is 1170. The summed E-state index contributed by atoms with van der Waals surface area (Å²) in [5.41, 5.74) is 2.71. The number of para-hydroxylation sites is 1. The van der Waals surface area contributed by atoms with Crippen LogP contribution in [0.2, 0.25) is 5.02 Å². The van der Waals surface area contributed by atoms with E-state index in [4.69, 9.17) is 16.1 Å². The molecule has 5 rings (SSSR count). The average Bonchev–Trinajstić information content (AvgIpc) is 3.23. The van der Waals surface area contributed by atoms with Gasteiger partial charge in [-0.3, -0.25) is 4.98 Å². The second-order valence-electron chi connectivity index (χ2n) is 7.23. The van der Waals surface area contributed by atoms with Crippen LogP contribution in [-0.2, 0) is 0 Å². The molecule has 3 heterocycles. The van der Waals surface area contributed by atoms with Gasteiger partial charge in [-0.1, -0.05) is 35.0 Å². The third kappa shape index (κ3) is 3.56. The minimum Gasteiger partial charge on any atom is -0.370 e. The van der Waals surface area contributed by atoms with Crippen molar-refractivity contribution in [3.63, 3.8) is 0 Å². The van der Waals surface area contributed by atoms with Crippen molar-refractivity contribution in [1.29, 1.82) is 0 Å². The Kier molecular flexibility index (Phi) is 4.64. The molecule has 0 spiro atoms. The number of aromatic nitrogens is 3. The van der Waals surface area contributed by atoms with E-state index in [-0.39, 0.29) is 10.9 Å². The molecule has 0 N–H and O–H groups in total. The first-order valence-corrected chi connectivity index (χ1v) is 9.94. The molecule has 0 saturated carbocycles. The summed E-state index contributed by atoms with van der Waals surface area (Å²) in [6.07, 6.45) is 3.75. The van der Waals surface area contributed by atoms with Crippen LogP contribution in [0.4, 0.5) is 10.1 Å². The summed E-state index contributed by atoms with van der Waals surface area (Å²) in [6.45, 7) is 1.78. The SMILES string of the molecule is Fc1ccc(-c2noc(C3CCN(c4cnc5ccccc5c4)CC3)n2)c(Cl)c1. The lowest BCUT2D eigenvalue weighted by Crippen LogP contribution is -2.33. The van der Waals surface area contributed by atoms with Crippen molar-refractivity contribution >= 4 is 28.2 Å². The second-order valence-corrected chi connectivity index (χ2v) is 7.64. The Labute approximate surface area is 172 Å². The van der Waals surface area contributed by atoms with E-state index >= 15 is 0 Å².